The van der Waals surface area contributed by atoms with Gasteiger partial charge in [0.1, 0.15) is 0 Å². The molecule has 4 nitrogen and oxygen atoms in total. The predicted molar refractivity (Wildman–Crippen MR) is 87.9 cm³/mol. The molecule has 1 aromatic rings. The van der Waals surface area contributed by atoms with Crippen LogP contribution in [0, 0.1) is 0 Å². The van der Waals surface area contributed by atoms with Crippen LogP contribution in [0.1, 0.15) is 79.5 Å². The fourth-order valence-corrected chi connectivity index (χ4v) is 2.17. The SMILES string of the molecule is CCCCCCNOC(=O)c1ccccc1C(=O)CCCC. The highest BCUT2D eigenvalue weighted by Crippen LogP contribution is 2.14. The van der Waals surface area contributed by atoms with Crippen LogP contribution >= 0.6 is 0 Å². The molecule has 122 valence electrons. The number of hydrogen-bond acceptors (Lipinski definition) is 4. The first-order valence-electron chi connectivity index (χ1n) is 8.27. The van der Waals surface area contributed by atoms with Gasteiger partial charge in [-0.1, -0.05) is 57.7 Å². The van der Waals surface area contributed by atoms with Crippen molar-refractivity contribution in [2.24, 2.45) is 0 Å². The maximum absolute atomic E-state index is 12.1. The van der Waals surface area contributed by atoms with Crippen LogP contribution in [0.3, 0.4) is 0 Å². The first kappa shape index (κ1) is 18.4. The summed E-state index contributed by atoms with van der Waals surface area (Å²) in [5.74, 6) is -0.492. The van der Waals surface area contributed by atoms with Gasteiger partial charge in [0.05, 0.1) is 5.56 Å². The zero-order chi connectivity index (χ0) is 16.2. The summed E-state index contributed by atoms with van der Waals surface area (Å²) in [5.41, 5.74) is 3.48. The first-order valence-corrected chi connectivity index (χ1v) is 8.27. The highest BCUT2D eigenvalue weighted by molar-refractivity contribution is 6.06. The molecule has 0 saturated carbocycles. The van der Waals surface area contributed by atoms with Crippen LogP contribution in [0.2, 0.25) is 0 Å². The van der Waals surface area contributed by atoms with Crippen LogP contribution in [0.25, 0.3) is 0 Å². The zero-order valence-electron chi connectivity index (χ0n) is 13.7. The smallest absolute Gasteiger partial charge is 0.357 e. The number of Topliss-reactive ketones (excluding diaryl/α,β-unsaturated/α-hetero) is 1. The van der Waals surface area contributed by atoms with E-state index in [4.69, 9.17) is 4.84 Å². The number of ketones is 1. The quantitative estimate of drug-likeness (QED) is 0.376. The van der Waals surface area contributed by atoms with Gasteiger partial charge >= 0.3 is 5.97 Å². The van der Waals surface area contributed by atoms with Gasteiger partial charge in [0, 0.05) is 18.5 Å². The molecule has 0 aromatic heterocycles. The fraction of sp³-hybridized carbons (Fsp3) is 0.556. The van der Waals surface area contributed by atoms with E-state index in [0.29, 0.717) is 24.1 Å². The Bertz CT molecular complexity index is 471. The second-order valence-corrected chi connectivity index (χ2v) is 5.42. The van der Waals surface area contributed by atoms with Gasteiger partial charge in [0.25, 0.3) is 0 Å². The third-order valence-electron chi connectivity index (χ3n) is 3.50. The van der Waals surface area contributed by atoms with E-state index in [-0.39, 0.29) is 5.78 Å². The Morgan fingerprint density at radius 1 is 0.955 bits per heavy atom. The average molecular weight is 305 g/mol. The zero-order valence-corrected chi connectivity index (χ0v) is 13.7. The molecule has 0 heterocycles. The molecular formula is C18H27NO3. The maximum atomic E-state index is 12.1. The van der Waals surface area contributed by atoms with Crippen molar-refractivity contribution < 1.29 is 14.4 Å². The standard InChI is InChI=1S/C18H27NO3/c1-3-5-7-10-14-19-22-18(21)16-12-9-8-11-15(16)17(20)13-6-4-2/h8-9,11-12,19H,3-7,10,13-14H2,1-2H3. The van der Waals surface area contributed by atoms with Gasteiger partial charge in [-0.05, 0) is 18.9 Å². The van der Waals surface area contributed by atoms with Crippen LogP contribution in [0.15, 0.2) is 24.3 Å². The van der Waals surface area contributed by atoms with Crippen LogP contribution in [0.4, 0.5) is 0 Å². The molecule has 0 spiro atoms. The van der Waals surface area contributed by atoms with Crippen molar-refractivity contribution in [3.8, 4) is 0 Å². The molecule has 1 rings (SSSR count). The molecule has 0 unspecified atom stereocenters. The van der Waals surface area contributed by atoms with Crippen molar-refractivity contribution in [1.29, 1.82) is 0 Å². The molecule has 0 fully saturated rings. The predicted octanol–water partition coefficient (Wildman–Crippen LogP) is 4.30. The summed E-state index contributed by atoms with van der Waals surface area (Å²) in [6, 6.07) is 6.85. The lowest BCUT2D eigenvalue weighted by atomic mass is 10.0. The number of unbranched alkanes of at least 4 members (excludes halogenated alkanes) is 4. The van der Waals surface area contributed by atoms with E-state index >= 15 is 0 Å². The fourth-order valence-electron chi connectivity index (χ4n) is 2.17. The number of rotatable bonds is 11. The lowest BCUT2D eigenvalue weighted by Gasteiger charge is -2.09. The number of nitrogens with one attached hydrogen (secondary N) is 1. The first-order chi connectivity index (χ1) is 10.7. The lowest BCUT2D eigenvalue weighted by molar-refractivity contribution is 0.0249. The van der Waals surface area contributed by atoms with E-state index in [1.165, 1.54) is 12.8 Å². The van der Waals surface area contributed by atoms with Crippen LogP contribution in [-0.2, 0) is 4.84 Å². The summed E-state index contributed by atoms with van der Waals surface area (Å²) >= 11 is 0. The van der Waals surface area contributed by atoms with E-state index in [9.17, 15) is 9.59 Å². The van der Waals surface area contributed by atoms with Crippen molar-refractivity contribution >= 4 is 11.8 Å². The molecule has 22 heavy (non-hydrogen) atoms. The number of hydroxylamine groups is 1. The third kappa shape index (κ3) is 6.39. The lowest BCUT2D eigenvalue weighted by Crippen LogP contribution is -2.22. The minimum absolute atomic E-state index is 0.00246. The Morgan fingerprint density at radius 2 is 1.64 bits per heavy atom. The third-order valence-corrected chi connectivity index (χ3v) is 3.50. The summed E-state index contributed by atoms with van der Waals surface area (Å²) < 4.78 is 0. The molecule has 0 aliphatic rings. The molecule has 0 amide bonds. The van der Waals surface area contributed by atoms with Gasteiger partial charge in [0.15, 0.2) is 5.78 Å². The van der Waals surface area contributed by atoms with Gasteiger partial charge in [-0.3, -0.25) is 4.79 Å². The highest BCUT2D eigenvalue weighted by atomic mass is 16.7. The Labute approximate surface area is 133 Å². The summed E-state index contributed by atoms with van der Waals surface area (Å²) in [6.07, 6.45) is 6.70. The molecule has 0 aliphatic heterocycles. The van der Waals surface area contributed by atoms with Crippen LogP contribution in [-0.4, -0.2) is 18.3 Å². The van der Waals surface area contributed by atoms with E-state index in [0.717, 1.165) is 25.7 Å². The van der Waals surface area contributed by atoms with Gasteiger partial charge < -0.3 is 4.84 Å². The van der Waals surface area contributed by atoms with Crippen molar-refractivity contribution in [2.75, 3.05) is 6.54 Å². The van der Waals surface area contributed by atoms with Crippen molar-refractivity contribution in [3.63, 3.8) is 0 Å². The Balaban J connectivity index is 2.52. The number of hydrogen-bond donors (Lipinski definition) is 1. The van der Waals surface area contributed by atoms with Gasteiger partial charge in [-0.15, -0.1) is 0 Å². The van der Waals surface area contributed by atoms with E-state index in [1.807, 2.05) is 6.92 Å². The second kappa shape index (κ2) is 11.0. The van der Waals surface area contributed by atoms with Crippen molar-refractivity contribution in [3.05, 3.63) is 35.4 Å². The van der Waals surface area contributed by atoms with Crippen LogP contribution < -0.4 is 5.48 Å². The molecule has 0 bridgehead atoms. The van der Waals surface area contributed by atoms with Crippen molar-refractivity contribution in [1.82, 2.24) is 5.48 Å². The highest BCUT2D eigenvalue weighted by Gasteiger charge is 2.17. The summed E-state index contributed by atoms with van der Waals surface area (Å²) in [5, 5.41) is 0. The topological polar surface area (TPSA) is 55.4 Å². The summed E-state index contributed by atoms with van der Waals surface area (Å²) in [4.78, 5) is 29.3. The molecule has 0 atom stereocenters. The summed E-state index contributed by atoms with van der Waals surface area (Å²) in [6.45, 7) is 4.83. The average Bonchev–Trinajstić information content (AvgIpc) is 2.55. The molecule has 0 saturated heterocycles. The van der Waals surface area contributed by atoms with Crippen molar-refractivity contribution in [2.45, 2.75) is 58.8 Å². The molecule has 0 aliphatic carbocycles. The Kier molecular flexibility index (Phi) is 9.15. The minimum atomic E-state index is -0.490. The molecule has 4 heteroatoms. The molecule has 1 N–H and O–H groups in total. The number of benzene rings is 1. The van der Waals surface area contributed by atoms with Gasteiger partial charge in [-0.2, -0.15) is 5.48 Å². The monoisotopic (exact) mass is 305 g/mol. The number of carbonyl (C=O) groups is 2. The summed E-state index contributed by atoms with van der Waals surface area (Å²) in [7, 11) is 0. The van der Waals surface area contributed by atoms with Crippen LogP contribution in [0.5, 0.6) is 0 Å². The normalized spacial score (nSPS) is 10.5. The minimum Gasteiger partial charge on any atom is -0.367 e. The Morgan fingerprint density at radius 3 is 2.32 bits per heavy atom. The molecule has 1 aromatic carbocycles. The Hall–Kier alpha value is -1.68. The molecular weight excluding hydrogens is 278 g/mol. The van der Waals surface area contributed by atoms with E-state index < -0.39 is 5.97 Å². The van der Waals surface area contributed by atoms with E-state index in [2.05, 4.69) is 12.4 Å². The second-order valence-electron chi connectivity index (χ2n) is 5.42. The maximum Gasteiger partial charge on any atom is 0.357 e. The van der Waals surface area contributed by atoms with Gasteiger partial charge in [0.2, 0.25) is 0 Å². The molecule has 0 radical (unpaired) electrons. The van der Waals surface area contributed by atoms with E-state index in [1.54, 1.807) is 24.3 Å². The number of carbonyl (C=O) groups excluding carboxylic acids is 2. The van der Waals surface area contributed by atoms with Gasteiger partial charge in [-0.25, -0.2) is 4.79 Å². The largest absolute Gasteiger partial charge is 0.367 e.